The Morgan fingerprint density at radius 3 is 2.35 bits per heavy atom. The van der Waals surface area contributed by atoms with Gasteiger partial charge in [0.15, 0.2) is 5.78 Å². The van der Waals surface area contributed by atoms with Crippen LogP contribution in [-0.4, -0.2) is 37.1 Å². The normalized spacial score (nSPS) is 10.8. The predicted molar refractivity (Wildman–Crippen MR) is 153 cm³/mol. The number of nitrogens with zero attached hydrogens (tertiary/aromatic N) is 1. The molecule has 0 saturated heterocycles. The predicted octanol–water partition coefficient (Wildman–Crippen LogP) is 6.97. The van der Waals surface area contributed by atoms with E-state index in [9.17, 15) is 9.59 Å². The van der Waals surface area contributed by atoms with Crippen molar-refractivity contribution in [2.75, 3.05) is 20.3 Å². The van der Waals surface area contributed by atoms with Gasteiger partial charge in [-0.3, -0.25) is 4.79 Å². The number of carbonyl (C=O) groups excluding carboxylic acids is 2. The molecule has 0 aliphatic rings. The van der Waals surface area contributed by atoms with Crippen molar-refractivity contribution in [3.63, 3.8) is 0 Å². The quantitative estimate of drug-likeness (QED) is 0.0788. The van der Waals surface area contributed by atoms with Crippen LogP contribution in [0.5, 0.6) is 23.1 Å². The maximum Gasteiger partial charge on any atom is 0.338 e. The lowest BCUT2D eigenvalue weighted by Gasteiger charge is -2.09. The largest absolute Gasteiger partial charge is 0.497 e. The van der Waals surface area contributed by atoms with E-state index in [0.717, 1.165) is 17.7 Å². The minimum absolute atomic E-state index is 0.111. The zero-order valence-electron chi connectivity index (χ0n) is 22.5. The van der Waals surface area contributed by atoms with Crippen LogP contribution in [0.4, 0.5) is 0 Å². The molecule has 0 atom stereocenters. The van der Waals surface area contributed by atoms with Crippen LogP contribution in [0, 0.1) is 0 Å². The number of ketones is 1. The van der Waals surface area contributed by atoms with E-state index in [0.29, 0.717) is 41.5 Å². The summed E-state index contributed by atoms with van der Waals surface area (Å²) in [6.45, 7) is 2.64. The summed E-state index contributed by atoms with van der Waals surface area (Å²) in [5, 5.41) is 0. The van der Waals surface area contributed by atoms with E-state index in [4.69, 9.17) is 18.9 Å². The molecule has 0 unspecified atom stereocenters. The van der Waals surface area contributed by atoms with Gasteiger partial charge in [0.2, 0.25) is 5.88 Å². The van der Waals surface area contributed by atoms with Crippen molar-refractivity contribution in [2.45, 2.75) is 19.8 Å². The molecule has 0 aliphatic heterocycles. The first-order chi connectivity index (χ1) is 19.5. The summed E-state index contributed by atoms with van der Waals surface area (Å²) in [7, 11) is 1.60. The Morgan fingerprint density at radius 1 is 0.825 bits per heavy atom. The molecule has 1 aromatic heterocycles. The Morgan fingerprint density at radius 2 is 1.60 bits per heavy atom. The molecule has 0 fully saturated rings. The summed E-state index contributed by atoms with van der Waals surface area (Å²) in [5.41, 5.74) is 3.00. The number of esters is 1. The molecular weight excluding hydrogens is 506 g/mol. The summed E-state index contributed by atoms with van der Waals surface area (Å²) >= 11 is 0. The molecule has 0 saturated carbocycles. The van der Waals surface area contributed by atoms with Crippen LogP contribution in [0.1, 0.15) is 45.2 Å². The van der Waals surface area contributed by atoms with Crippen LogP contribution in [0.15, 0.2) is 97.2 Å². The fraction of sp³-hybridized carbons (Fsp3) is 0.182. The summed E-state index contributed by atoms with van der Waals surface area (Å²) in [5.74, 6) is 1.76. The Balaban J connectivity index is 1.18. The topological polar surface area (TPSA) is 84.0 Å². The number of benzene rings is 3. The molecule has 1 heterocycles. The number of hydrogen-bond donors (Lipinski definition) is 0. The molecule has 40 heavy (non-hydrogen) atoms. The van der Waals surface area contributed by atoms with Gasteiger partial charge in [-0.1, -0.05) is 37.3 Å². The molecule has 0 bridgehead atoms. The van der Waals surface area contributed by atoms with E-state index in [1.807, 2.05) is 48.5 Å². The molecule has 7 heteroatoms. The fourth-order valence-electron chi connectivity index (χ4n) is 3.73. The molecule has 204 valence electrons. The van der Waals surface area contributed by atoms with Crippen molar-refractivity contribution in [2.24, 2.45) is 0 Å². The van der Waals surface area contributed by atoms with Gasteiger partial charge in [-0.2, -0.15) is 0 Å². The van der Waals surface area contributed by atoms with Gasteiger partial charge in [0.1, 0.15) is 17.2 Å². The molecule has 4 aromatic rings. The van der Waals surface area contributed by atoms with E-state index < -0.39 is 5.97 Å². The van der Waals surface area contributed by atoms with Gasteiger partial charge in [0.05, 0.1) is 25.9 Å². The highest BCUT2D eigenvalue weighted by atomic mass is 16.5. The number of carbonyl (C=O) groups is 2. The summed E-state index contributed by atoms with van der Waals surface area (Å²) in [6.07, 6.45) is 6.25. The monoisotopic (exact) mass is 537 g/mol. The van der Waals surface area contributed by atoms with Gasteiger partial charge < -0.3 is 18.9 Å². The number of pyridine rings is 1. The molecule has 0 radical (unpaired) electrons. The molecular formula is C33H31NO6. The second-order valence-corrected chi connectivity index (χ2v) is 8.82. The zero-order valence-corrected chi connectivity index (χ0v) is 22.5. The second kappa shape index (κ2) is 14.3. The van der Waals surface area contributed by atoms with Crippen LogP contribution in [0.2, 0.25) is 0 Å². The van der Waals surface area contributed by atoms with Gasteiger partial charge in [0.25, 0.3) is 0 Å². The van der Waals surface area contributed by atoms with E-state index in [1.54, 1.807) is 49.6 Å². The first-order valence-corrected chi connectivity index (χ1v) is 13.0. The third kappa shape index (κ3) is 8.30. The van der Waals surface area contributed by atoms with Gasteiger partial charge in [-0.25, -0.2) is 9.78 Å². The molecule has 4 rings (SSSR count). The molecule has 0 amide bonds. The van der Waals surface area contributed by atoms with Gasteiger partial charge in [-0.15, -0.1) is 0 Å². The zero-order chi connectivity index (χ0) is 28.2. The average molecular weight is 538 g/mol. The standard InChI is InChI=1S/C33H31NO6/c1-3-24-8-13-29(14-9-24)40-32-23-27(18-19-34-32)33(36)39-21-5-20-38-28-15-11-26(12-16-28)31(35)17-10-25-6-4-7-30(22-25)37-2/h4,6-19,22-23H,3,5,20-21H2,1-2H3/b17-10+. The highest BCUT2D eigenvalue weighted by Crippen LogP contribution is 2.21. The number of methoxy groups -OCH3 is 1. The minimum atomic E-state index is -0.460. The lowest BCUT2D eigenvalue weighted by Crippen LogP contribution is -2.09. The van der Waals surface area contributed by atoms with Crippen LogP contribution in [-0.2, 0) is 11.2 Å². The Bertz CT molecular complexity index is 1440. The molecule has 7 nitrogen and oxygen atoms in total. The minimum Gasteiger partial charge on any atom is -0.497 e. The van der Waals surface area contributed by atoms with E-state index in [2.05, 4.69) is 11.9 Å². The van der Waals surface area contributed by atoms with Crippen molar-refractivity contribution < 1.29 is 28.5 Å². The first kappa shape index (κ1) is 28.1. The highest BCUT2D eigenvalue weighted by molar-refractivity contribution is 6.06. The third-order valence-corrected chi connectivity index (χ3v) is 5.97. The molecule has 0 aliphatic carbocycles. The average Bonchev–Trinajstić information content (AvgIpc) is 3.00. The molecule has 0 N–H and O–H groups in total. The Labute approximate surface area is 234 Å². The first-order valence-electron chi connectivity index (χ1n) is 13.0. The van der Waals surface area contributed by atoms with Gasteiger partial charge in [-0.05, 0) is 78.2 Å². The fourth-order valence-corrected chi connectivity index (χ4v) is 3.73. The van der Waals surface area contributed by atoms with Crippen molar-refractivity contribution in [3.05, 3.63) is 119 Å². The SMILES string of the molecule is CCc1ccc(Oc2cc(C(=O)OCCCOc3ccc(C(=O)/C=C/c4cccc(OC)c4)cc3)ccn2)cc1. The van der Waals surface area contributed by atoms with Crippen LogP contribution >= 0.6 is 0 Å². The van der Waals surface area contributed by atoms with E-state index in [-0.39, 0.29) is 12.4 Å². The highest BCUT2D eigenvalue weighted by Gasteiger charge is 2.10. The smallest absolute Gasteiger partial charge is 0.338 e. The number of rotatable bonds is 13. The van der Waals surface area contributed by atoms with Gasteiger partial charge in [0, 0.05) is 24.2 Å². The summed E-state index contributed by atoms with van der Waals surface area (Å²) in [6, 6.07) is 25.3. The Kier molecular flexibility index (Phi) is 10.0. The summed E-state index contributed by atoms with van der Waals surface area (Å²) < 4.78 is 22.0. The second-order valence-electron chi connectivity index (χ2n) is 8.82. The lowest BCUT2D eigenvalue weighted by atomic mass is 10.1. The summed E-state index contributed by atoms with van der Waals surface area (Å²) in [4.78, 5) is 29.1. The van der Waals surface area contributed by atoms with Crippen molar-refractivity contribution in [1.29, 1.82) is 0 Å². The maximum absolute atomic E-state index is 12.5. The lowest BCUT2D eigenvalue weighted by molar-refractivity contribution is 0.0485. The van der Waals surface area contributed by atoms with E-state index in [1.165, 1.54) is 17.8 Å². The Hall–Kier alpha value is -4.91. The van der Waals surface area contributed by atoms with Crippen molar-refractivity contribution in [1.82, 2.24) is 4.98 Å². The molecule has 0 spiro atoms. The van der Waals surface area contributed by atoms with Crippen LogP contribution in [0.3, 0.4) is 0 Å². The van der Waals surface area contributed by atoms with E-state index >= 15 is 0 Å². The number of allylic oxidation sites excluding steroid dienone is 1. The van der Waals surface area contributed by atoms with Crippen molar-refractivity contribution in [3.8, 4) is 23.1 Å². The number of hydrogen-bond acceptors (Lipinski definition) is 7. The van der Waals surface area contributed by atoms with Crippen LogP contribution < -0.4 is 14.2 Å². The van der Waals surface area contributed by atoms with Gasteiger partial charge >= 0.3 is 5.97 Å². The number of aromatic nitrogens is 1. The van der Waals surface area contributed by atoms with Crippen LogP contribution in [0.25, 0.3) is 6.08 Å². The number of aryl methyl sites for hydroxylation is 1. The third-order valence-electron chi connectivity index (χ3n) is 5.97. The number of ether oxygens (including phenoxy) is 4. The van der Waals surface area contributed by atoms with Crippen molar-refractivity contribution >= 4 is 17.8 Å². The molecule has 3 aromatic carbocycles. The maximum atomic E-state index is 12.5.